The highest BCUT2D eigenvalue weighted by Crippen LogP contribution is 2.22. The number of sulfone groups is 1. The van der Waals surface area contributed by atoms with Gasteiger partial charge in [0.2, 0.25) is 15.0 Å². The zero-order valence-electron chi connectivity index (χ0n) is 20.1. The molecular weight excluding hydrogens is 434 g/mol. The highest BCUT2D eigenvalue weighted by atomic mass is 32.2. The molecule has 0 aliphatic heterocycles. The van der Waals surface area contributed by atoms with Crippen molar-refractivity contribution in [3.63, 3.8) is 0 Å². The van der Waals surface area contributed by atoms with Gasteiger partial charge in [-0.2, -0.15) is 0 Å². The van der Waals surface area contributed by atoms with Crippen LogP contribution in [0, 0.1) is 19.8 Å². The molecule has 0 aliphatic rings. The lowest BCUT2D eigenvalue weighted by atomic mass is 10.1. The first-order valence-corrected chi connectivity index (χ1v) is 12.9. The second-order valence-corrected chi connectivity index (χ2v) is 10.8. The van der Waals surface area contributed by atoms with Crippen LogP contribution in [0.25, 0.3) is 0 Å². The number of aryl methyl sites for hydroxylation is 2. The first-order chi connectivity index (χ1) is 15.6. The Balaban J connectivity index is 1.93. The van der Waals surface area contributed by atoms with Gasteiger partial charge in [-0.25, -0.2) is 13.4 Å². The van der Waals surface area contributed by atoms with Crippen LogP contribution in [0.2, 0.25) is 0 Å². The summed E-state index contributed by atoms with van der Waals surface area (Å²) in [6.45, 7) is 11.2. The van der Waals surface area contributed by atoms with E-state index in [4.69, 9.17) is 0 Å². The quantitative estimate of drug-likeness (QED) is 0.453. The van der Waals surface area contributed by atoms with Gasteiger partial charge in [0.05, 0.1) is 24.2 Å². The lowest BCUT2D eigenvalue weighted by molar-refractivity contribution is 0.0748. The Hall–Kier alpha value is -2.93. The molecule has 0 atom stereocenters. The van der Waals surface area contributed by atoms with Crippen molar-refractivity contribution in [3.05, 3.63) is 82.7 Å². The van der Waals surface area contributed by atoms with Gasteiger partial charge in [-0.3, -0.25) is 4.79 Å². The standard InChI is InChI=1S/C26H33N3O3S/c1-6-28(25(30)22-13-11-20(4)12-14-22)17-24-15-27-26(29(24)16-19(2)3)33(31,32)18-23-10-8-7-9-21(23)5/h7-15,19H,6,16-18H2,1-5H3. The molecule has 0 saturated carbocycles. The van der Waals surface area contributed by atoms with E-state index < -0.39 is 9.84 Å². The van der Waals surface area contributed by atoms with E-state index in [1.54, 1.807) is 15.7 Å². The van der Waals surface area contributed by atoms with Crippen molar-refractivity contribution in [1.82, 2.24) is 14.5 Å². The topological polar surface area (TPSA) is 72.3 Å². The van der Waals surface area contributed by atoms with E-state index in [9.17, 15) is 13.2 Å². The molecule has 0 saturated heterocycles. The summed E-state index contributed by atoms with van der Waals surface area (Å²) < 4.78 is 28.5. The summed E-state index contributed by atoms with van der Waals surface area (Å²) in [7, 11) is -3.66. The summed E-state index contributed by atoms with van der Waals surface area (Å²) in [6, 6.07) is 15.0. The SMILES string of the molecule is CCN(Cc1cnc(S(=O)(=O)Cc2ccccc2C)n1CC(C)C)C(=O)c1ccc(C)cc1. The van der Waals surface area contributed by atoms with Crippen LogP contribution in [0.15, 0.2) is 59.9 Å². The lowest BCUT2D eigenvalue weighted by Crippen LogP contribution is -2.31. The van der Waals surface area contributed by atoms with Gasteiger partial charge >= 0.3 is 0 Å². The highest BCUT2D eigenvalue weighted by molar-refractivity contribution is 7.90. The fourth-order valence-corrected chi connectivity index (χ4v) is 5.37. The molecule has 0 N–H and O–H groups in total. The molecule has 0 spiro atoms. The van der Waals surface area contributed by atoms with Crippen LogP contribution in [0.4, 0.5) is 0 Å². The van der Waals surface area contributed by atoms with Crippen molar-refractivity contribution in [2.45, 2.75) is 58.6 Å². The second-order valence-electron chi connectivity index (χ2n) is 8.91. The van der Waals surface area contributed by atoms with Gasteiger partial charge in [0.1, 0.15) is 0 Å². The van der Waals surface area contributed by atoms with E-state index in [1.165, 1.54) is 0 Å². The third kappa shape index (κ3) is 5.90. The molecule has 1 aromatic heterocycles. The molecule has 2 aromatic carbocycles. The predicted molar refractivity (Wildman–Crippen MR) is 131 cm³/mol. The van der Waals surface area contributed by atoms with Crippen LogP contribution >= 0.6 is 0 Å². The first-order valence-electron chi connectivity index (χ1n) is 11.3. The number of aromatic nitrogens is 2. The monoisotopic (exact) mass is 467 g/mol. The molecule has 1 amide bonds. The Morgan fingerprint density at radius 1 is 1.06 bits per heavy atom. The van der Waals surface area contributed by atoms with Crippen molar-refractivity contribution in [2.24, 2.45) is 5.92 Å². The fourth-order valence-electron chi connectivity index (χ4n) is 3.77. The molecule has 0 aliphatic carbocycles. The molecular formula is C26H33N3O3S. The van der Waals surface area contributed by atoms with E-state index in [-0.39, 0.29) is 22.7 Å². The smallest absolute Gasteiger partial charge is 0.254 e. The van der Waals surface area contributed by atoms with Crippen molar-refractivity contribution < 1.29 is 13.2 Å². The zero-order valence-corrected chi connectivity index (χ0v) is 20.9. The van der Waals surface area contributed by atoms with Gasteiger partial charge in [0.25, 0.3) is 5.91 Å². The maximum absolute atomic E-state index is 13.3. The minimum atomic E-state index is -3.66. The van der Waals surface area contributed by atoms with Gasteiger partial charge in [-0.05, 0) is 49.9 Å². The second kappa shape index (κ2) is 10.3. The number of imidazole rings is 1. The number of benzene rings is 2. The Bertz CT molecular complexity index is 1210. The van der Waals surface area contributed by atoms with Crippen molar-refractivity contribution in [2.75, 3.05) is 6.54 Å². The Morgan fingerprint density at radius 3 is 2.33 bits per heavy atom. The minimum Gasteiger partial charge on any atom is -0.333 e. The van der Waals surface area contributed by atoms with E-state index in [2.05, 4.69) is 4.98 Å². The van der Waals surface area contributed by atoms with Crippen LogP contribution in [-0.2, 0) is 28.7 Å². The molecule has 6 nitrogen and oxygen atoms in total. The van der Waals surface area contributed by atoms with Crippen molar-refractivity contribution in [3.8, 4) is 0 Å². The maximum atomic E-state index is 13.3. The van der Waals surface area contributed by atoms with Gasteiger partial charge < -0.3 is 9.47 Å². The zero-order chi connectivity index (χ0) is 24.2. The summed E-state index contributed by atoms with van der Waals surface area (Å²) in [5.74, 6) is 0.0286. The lowest BCUT2D eigenvalue weighted by Gasteiger charge is -2.23. The average Bonchev–Trinajstić information content (AvgIpc) is 3.16. The molecule has 176 valence electrons. The van der Waals surface area contributed by atoms with E-state index in [0.717, 1.165) is 22.4 Å². The normalized spacial score (nSPS) is 11.7. The number of amides is 1. The summed E-state index contributed by atoms with van der Waals surface area (Å²) >= 11 is 0. The number of rotatable bonds is 9. The van der Waals surface area contributed by atoms with E-state index >= 15 is 0 Å². The minimum absolute atomic E-state index is 0.0632. The molecule has 0 bridgehead atoms. The molecule has 3 aromatic rings. The Labute approximate surface area is 197 Å². The molecule has 3 rings (SSSR count). The van der Waals surface area contributed by atoms with Crippen LogP contribution in [-0.4, -0.2) is 35.3 Å². The summed E-state index contributed by atoms with van der Waals surface area (Å²) in [5.41, 5.74) is 4.12. The van der Waals surface area contributed by atoms with Crippen LogP contribution in [0.5, 0.6) is 0 Å². The Kier molecular flexibility index (Phi) is 7.74. The number of carbonyl (C=O) groups is 1. The summed E-state index contributed by atoms with van der Waals surface area (Å²) in [5, 5.41) is 0.0632. The van der Waals surface area contributed by atoms with Crippen molar-refractivity contribution >= 4 is 15.7 Å². The maximum Gasteiger partial charge on any atom is 0.254 e. The molecule has 1 heterocycles. The van der Waals surface area contributed by atoms with E-state index in [0.29, 0.717) is 25.2 Å². The van der Waals surface area contributed by atoms with Gasteiger partial charge in [-0.1, -0.05) is 55.8 Å². The molecule has 0 radical (unpaired) electrons. The number of hydrogen-bond acceptors (Lipinski definition) is 4. The first kappa shape index (κ1) is 24.7. The van der Waals surface area contributed by atoms with E-state index in [1.807, 2.05) is 83.1 Å². The molecule has 7 heteroatoms. The Morgan fingerprint density at radius 2 is 1.73 bits per heavy atom. The number of hydrogen-bond donors (Lipinski definition) is 0. The van der Waals surface area contributed by atoms with Gasteiger partial charge in [0, 0.05) is 18.7 Å². The number of carbonyl (C=O) groups excluding carboxylic acids is 1. The largest absolute Gasteiger partial charge is 0.333 e. The number of nitrogens with zero attached hydrogens (tertiary/aromatic N) is 3. The van der Waals surface area contributed by atoms with Crippen molar-refractivity contribution in [1.29, 1.82) is 0 Å². The summed E-state index contributed by atoms with van der Waals surface area (Å²) in [6.07, 6.45) is 1.60. The highest BCUT2D eigenvalue weighted by Gasteiger charge is 2.26. The molecule has 33 heavy (non-hydrogen) atoms. The fraction of sp³-hybridized carbons (Fsp3) is 0.385. The van der Waals surface area contributed by atoms with Gasteiger partial charge in [-0.15, -0.1) is 0 Å². The molecule has 0 unspecified atom stereocenters. The van der Waals surface area contributed by atoms with Crippen LogP contribution in [0.1, 0.15) is 53.5 Å². The molecule has 0 fully saturated rings. The van der Waals surface area contributed by atoms with Crippen LogP contribution < -0.4 is 0 Å². The average molecular weight is 468 g/mol. The van der Waals surface area contributed by atoms with Gasteiger partial charge in [0.15, 0.2) is 0 Å². The summed E-state index contributed by atoms with van der Waals surface area (Å²) in [4.78, 5) is 19.1. The third-order valence-electron chi connectivity index (χ3n) is 5.65. The predicted octanol–water partition coefficient (Wildman–Crippen LogP) is 4.79. The van der Waals surface area contributed by atoms with Crippen LogP contribution in [0.3, 0.4) is 0 Å². The third-order valence-corrected chi connectivity index (χ3v) is 7.23.